The van der Waals surface area contributed by atoms with Crippen LogP contribution in [0.3, 0.4) is 0 Å². The predicted molar refractivity (Wildman–Crippen MR) is 113 cm³/mol. The largest absolute Gasteiger partial charge is 0.444 e. The topological polar surface area (TPSA) is 67.4 Å². The molecule has 1 atom stereocenters. The summed E-state index contributed by atoms with van der Waals surface area (Å²) in [4.78, 5) is 25.0. The zero-order valence-corrected chi connectivity index (χ0v) is 17.5. The van der Waals surface area contributed by atoms with Gasteiger partial charge >= 0.3 is 6.09 Å². The van der Waals surface area contributed by atoms with Crippen LogP contribution in [0.2, 0.25) is 0 Å². The van der Waals surface area contributed by atoms with Crippen LogP contribution in [0.15, 0.2) is 42.5 Å². The van der Waals surface area contributed by atoms with E-state index in [1.54, 1.807) is 20.8 Å². The number of hydrogen-bond donors (Lipinski definition) is 2. The predicted octanol–water partition coefficient (Wildman–Crippen LogP) is 4.44. The fourth-order valence-electron chi connectivity index (χ4n) is 2.87. The maximum Gasteiger partial charge on any atom is 0.408 e. The summed E-state index contributed by atoms with van der Waals surface area (Å²) in [6, 6.07) is 13.5. The number of rotatable bonds is 7. The van der Waals surface area contributed by atoms with Gasteiger partial charge in [-0.1, -0.05) is 56.3 Å². The van der Waals surface area contributed by atoms with Gasteiger partial charge in [0.15, 0.2) is 0 Å². The minimum Gasteiger partial charge on any atom is -0.444 e. The molecule has 2 N–H and O–H groups in total. The summed E-state index contributed by atoms with van der Waals surface area (Å²) in [5, 5.41) is 7.92. The summed E-state index contributed by atoms with van der Waals surface area (Å²) in [6.07, 6.45) is 0.704. The lowest BCUT2D eigenvalue weighted by Crippen LogP contribution is -2.49. The third kappa shape index (κ3) is 7.22. The van der Waals surface area contributed by atoms with Gasteiger partial charge in [0.05, 0.1) is 0 Å². The van der Waals surface area contributed by atoms with Gasteiger partial charge in [-0.2, -0.15) is 0 Å². The maximum atomic E-state index is 12.7. The third-order valence-corrected chi connectivity index (χ3v) is 4.28. The van der Waals surface area contributed by atoms with E-state index in [1.165, 1.54) is 0 Å². The summed E-state index contributed by atoms with van der Waals surface area (Å²) in [5.74, 6) is 0.303. The number of nitrogens with one attached hydrogen (secondary N) is 2. The van der Waals surface area contributed by atoms with E-state index < -0.39 is 17.7 Å². The highest BCUT2D eigenvalue weighted by Crippen LogP contribution is 2.17. The van der Waals surface area contributed by atoms with E-state index >= 15 is 0 Å². The van der Waals surface area contributed by atoms with Crippen LogP contribution >= 0.6 is 0 Å². The molecule has 5 nitrogen and oxygen atoms in total. The first-order valence-corrected chi connectivity index (χ1v) is 9.89. The molecular formula is C23H32N2O3. The molecule has 28 heavy (non-hydrogen) atoms. The first-order chi connectivity index (χ1) is 13.1. The van der Waals surface area contributed by atoms with Crippen molar-refractivity contribution >= 4 is 22.8 Å². The Morgan fingerprint density at radius 2 is 1.71 bits per heavy atom. The van der Waals surface area contributed by atoms with Gasteiger partial charge in [0, 0.05) is 13.0 Å². The summed E-state index contributed by atoms with van der Waals surface area (Å²) >= 11 is 0. The van der Waals surface area contributed by atoms with Gasteiger partial charge in [-0.3, -0.25) is 4.79 Å². The number of alkyl carbamates (subject to hydrolysis) is 1. The number of carbonyl (C=O) groups is 2. The van der Waals surface area contributed by atoms with Crippen LogP contribution in [-0.2, 0) is 16.0 Å². The Labute approximate surface area is 167 Å². The van der Waals surface area contributed by atoms with Gasteiger partial charge < -0.3 is 15.4 Å². The van der Waals surface area contributed by atoms with E-state index in [1.807, 2.05) is 36.4 Å². The number of amides is 2. The van der Waals surface area contributed by atoms with Crippen molar-refractivity contribution in [2.24, 2.45) is 5.92 Å². The van der Waals surface area contributed by atoms with Crippen molar-refractivity contribution in [1.29, 1.82) is 0 Å². The molecule has 2 aromatic carbocycles. The average molecular weight is 385 g/mol. The van der Waals surface area contributed by atoms with Gasteiger partial charge in [-0.15, -0.1) is 0 Å². The molecule has 0 saturated carbocycles. The Kier molecular flexibility index (Phi) is 7.44. The summed E-state index contributed by atoms with van der Waals surface area (Å²) in [7, 11) is 0. The van der Waals surface area contributed by atoms with Crippen LogP contribution in [0.25, 0.3) is 10.8 Å². The van der Waals surface area contributed by atoms with Crippen molar-refractivity contribution in [1.82, 2.24) is 10.6 Å². The van der Waals surface area contributed by atoms with Crippen molar-refractivity contribution in [2.75, 3.05) is 6.54 Å². The lowest BCUT2D eigenvalue weighted by atomic mass is 10.0. The van der Waals surface area contributed by atoms with Crippen LogP contribution < -0.4 is 10.6 Å². The quantitative estimate of drug-likeness (QED) is 0.742. The van der Waals surface area contributed by atoms with E-state index in [0.717, 1.165) is 22.8 Å². The van der Waals surface area contributed by atoms with Gasteiger partial charge in [0.2, 0.25) is 5.91 Å². The summed E-state index contributed by atoms with van der Waals surface area (Å²) in [5.41, 5.74) is 0.366. The van der Waals surface area contributed by atoms with Crippen molar-refractivity contribution in [3.8, 4) is 0 Å². The average Bonchev–Trinajstić information content (AvgIpc) is 2.59. The van der Waals surface area contributed by atoms with E-state index in [-0.39, 0.29) is 5.91 Å². The number of benzene rings is 2. The van der Waals surface area contributed by atoms with Crippen LogP contribution in [0.1, 0.15) is 46.6 Å². The molecule has 5 heteroatoms. The molecule has 0 aliphatic carbocycles. The molecule has 0 aliphatic heterocycles. The van der Waals surface area contributed by atoms with Crippen molar-refractivity contribution < 1.29 is 14.3 Å². The second-order valence-corrected chi connectivity index (χ2v) is 8.56. The van der Waals surface area contributed by atoms with Crippen LogP contribution in [0.4, 0.5) is 4.79 Å². The highest BCUT2D eigenvalue weighted by Gasteiger charge is 2.24. The fraction of sp³-hybridized carbons (Fsp3) is 0.478. The zero-order valence-electron chi connectivity index (χ0n) is 17.5. The van der Waals surface area contributed by atoms with Crippen molar-refractivity contribution in [2.45, 2.75) is 59.1 Å². The number of hydrogen-bond acceptors (Lipinski definition) is 3. The molecule has 0 spiro atoms. The van der Waals surface area contributed by atoms with E-state index in [4.69, 9.17) is 4.74 Å². The zero-order chi connectivity index (χ0) is 20.7. The van der Waals surface area contributed by atoms with E-state index in [9.17, 15) is 9.59 Å². The smallest absolute Gasteiger partial charge is 0.408 e. The van der Waals surface area contributed by atoms with Gasteiger partial charge in [-0.25, -0.2) is 4.79 Å². The Morgan fingerprint density at radius 3 is 2.36 bits per heavy atom. The van der Waals surface area contributed by atoms with Gasteiger partial charge in [-0.05, 0) is 49.4 Å². The molecule has 0 saturated heterocycles. The molecule has 0 aromatic heterocycles. The Morgan fingerprint density at radius 1 is 1.04 bits per heavy atom. The molecular weight excluding hydrogens is 352 g/mol. The lowest BCUT2D eigenvalue weighted by Gasteiger charge is -2.23. The van der Waals surface area contributed by atoms with Crippen LogP contribution in [-0.4, -0.2) is 30.2 Å². The van der Waals surface area contributed by atoms with Crippen molar-refractivity contribution in [3.05, 3.63) is 48.0 Å². The number of fused-ring (bicyclic) bond motifs is 1. The number of carbonyl (C=O) groups excluding carboxylic acids is 2. The fourth-order valence-corrected chi connectivity index (χ4v) is 2.87. The Bertz CT molecular complexity index is 809. The molecule has 0 fully saturated rings. The maximum absolute atomic E-state index is 12.7. The molecule has 152 valence electrons. The van der Waals surface area contributed by atoms with Crippen LogP contribution in [0, 0.1) is 5.92 Å². The highest BCUT2D eigenvalue weighted by atomic mass is 16.6. The first kappa shape index (κ1) is 21.7. The normalized spacial score (nSPS) is 12.6. The molecule has 0 unspecified atom stereocenters. The lowest BCUT2D eigenvalue weighted by molar-refractivity contribution is -0.123. The Hall–Kier alpha value is -2.56. The van der Waals surface area contributed by atoms with E-state index in [2.05, 4.69) is 30.5 Å². The molecule has 2 amide bonds. The molecule has 2 aromatic rings. The highest BCUT2D eigenvalue weighted by molar-refractivity contribution is 5.87. The van der Waals surface area contributed by atoms with Crippen LogP contribution in [0.5, 0.6) is 0 Å². The molecule has 2 rings (SSSR count). The molecule has 0 bridgehead atoms. The Balaban J connectivity index is 2.13. The first-order valence-electron chi connectivity index (χ1n) is 9.89. The van der Waals surface area contributed by atoms with Gasteiger partial charge in [0.25, 0.3) is 0 Å². The molecule has 0 heterocycles. The molecule has 0 aliphatic rings. The number of ether oxygens (including phenoxy) is 1. The van der Waals surface area contributed by atoms with Crippen molar-refractivity contribution in [3.63, 3.8) is 0 Å². The van der Waals surface area contributed by atoms with Gasteiger partial charge in [0.1, 0.15) is 11.6 Å². The molecule has 0 radical (unpaired) electrons. The van der Waals surface area contributed by atoms with E-state index in [0.29, 0.717) is 18.9 Å². The summed E-state index contributed by atoms with van der Waals surface area (Å²) < 4.78 is 5.34. The minimum absolute atomic E-state index is 0.195. The summed E-state index contributed by atoms with van der Waals surface area (Å²) in [6.45, 7) is 10.2. The monoisotopic (exact) mass is 384 g/mol. The second kappa shape index (κ2) is 9.58. The third-order valence-electron chi connectivity index (χ3n) is 4.28. The minimum atomic E-state index is -0.692. The SMILES string of the molecule is CC(C)CCNC(=O)[C@H](Cc1ccc2ccccc2c1)NC(=O)OC(C)(C)C. The second-order valence-electron chi connectivity index (χ2n) is 8.56. The standard InChI is InChI=1S/C23H32N2O3/c1-16(2)12-13-24-21(26)20(25-22(27)28-23(3,4)5)15-17-10-11-18-8-6-7-9-19(18)14-17/h6-11,14,16,20H,12-13,15H2,1-5H3,(H,24,26)(H,25,27)/t20-/m0/s1.